The van der Waals surface area contributed by atoms with Gasteiger partial charge in [-0.15, -0.1) is 0 Å². The molecule has 0 bridgehead atoms. The maximum Gasteiger partial charge on any atom is 0.264 e. The minimum Gasteiger partial charge on any atom is -0.492 e. The van der Waals surface area contributed by atoms with E-state index in [0.717, 1.165) is 4.31 Å². The molecule has 0 aliphatic carbocycles. The molecule has 0 fully saturated rings. The second kappa shape index (κ2) is 13.0. The molecule has 9 nitrogen and oxygen atoms in total. The van der Waals surface area contributed by atoms with Crippen LogP contribution < -0.4 is 19.1 Å². The molecule has 0 unspecified atom stereocenters. The number of hydrogen-bond acceptors (Lipinski definition) is 6. The number of carbonyl (C=O) groups is 1. The lowest BCUT2D eigenvalue weighted by Crippen LogP contribution is -2.38. The summed E-state index contributed by atoms with van der Waals surface area (Å²) in [5.41, 5.74) is 1.47. The number of rotatable bonds is 11. The van der Waals surface area contributed by atoms with Crippen LogP contribution in [0.1, 0.15) is 12.5 Å². The zero-order valence-corrected chi connectivity index (χ0v) is 25.7. The monoisotopic (exact) mass is 647 g/mol. The third-order valence-corrected chi connectivity index (χ3v) is 9.66. The van der Waals surface area contributed by atoms with E-state index in [1.807, 2.05) is 0 Å². The van der Waals surface area contributed by atoms with Gasteiger partial charge in [-0.1, -0.05) is 41.4 Å². The Labute approximate surface area is 255 Å². The Hall–Kier alpha value is -3.77. The number of sulfonamides is 2. The van der Waals surface area contributed by atoms with E-state index in [4.69, 9.17) is 27.9 Å². The molecule has 0 saturated carbocycles. The van der Waals surface area contributed by atoms with Gasteiger partial charge < -0.3 is 10.1 Å². The number of halogens is 2. The Morgan fingerprint density at radius 1 is 0.833 bits per heavy atom. The van der Waals surface area contributed by atoms with E-state index < -0.39 is 32.5 Å². The number of benzene rings is 4. The third-order valence-electron chi connectivity index (χ3n) is 6.01. The summed E-state index contributed by atoms with van der Waals surface area (Å²) in [6, 6.07) is 22.4. The van der Waals surface area contributed by atoms with Crippen molar-refractivity contribution in [1.29, 1.82) is 0 Å². The summed E-state index contributed by atoms with van der Waals surface area (Å²) in [4.78, 5) is 13.1. The summed E-state index contributed by atoms with van der Waals surface area (Å²) in [6.07, 6.45) is 0. The van der Waals surface area contributed by atoms with Crippen molar-refractivity contribution in [1.82, 2.24) is 0 Å². The van der Waals surface area contributed by atoms with Crippen molar-refractivity contribution in [3.8, 4) is 5.75 Å². The van der Waals surface area contributed by atoms with Gasteiger partial charge in [0.1, 0.15) is 12.3 Å². The highest BCUT2D eigenvalue weighted by Crippen LogP contribution is 2.33. The van der Waals surface area contributed by atoms with E-state index >= 15 is 0 Å². The minimum absolute atomic E-state index is 0.0440. The molecule has 4 rings (SSSR count). The summed E-state index contributed by atoms with van der Waals surface area (Å²) < 4.78 is 62.3. The number of carbonyl (C=O) groups excluding carboxylic acids is 1. The lowest BCUT2D eigenvalue weighted by Gasteiger charge is -2.26. The fourth-order valence-corrected chi connectivity index (χ4v) is 6.78. The summed E-state index contributed by atoms with van der Waals surface area (Å²) in [5, 5.41) is 3.37. The summed E-state index contributed by atoms with van der Waals surface area (Å²) in [5.74, 6) is -0.385. The Morgan fingerprint density at radius 3 is 2.12 bits per heavy atom. The van der Waals surface area contributed by atoms with E-state index in [1.165, 1.54) is 54.6 Å². The fraction of sp³-hybridized carbons (Fsp3) is 0.138. The number of aryl methyl sites for hydroxylation is 1. The molecule has 4 aromatic rings. The summed E-state index contributed by atoms with van der Waals surface area (Å²) in [6.45, 7) is 3.19. The topological polar surface area (TPSA) is 122 Å². The second-order valence-corrected chi connectivity index (χ2v) is 13.4. The number of para-hydroxylation sites is 2. The molecule has 0 atom stereocenters. The highest BCUT2D eigenvalue weighted by Gasteiger charge is 2.29. The Kier molecular flexibility index (Phi) is 9.67. The second-order valence-electron chi connectivity index (χ2n) is 9.00. The minimum atomic E-state index is -4.22. The first-order chi connectivity index (χ1) is 19.9. The predicted molar refractivity (Wildman–Crippen MR) is 166 cm³/mol. The Bertz CT molecular complexity index is 1800. The van der Waals surface area contributed by atoms with Gasteiger partial charge in [-0.25, -0.2) is 16.8 Å². The van der Waals surface area contributed by atoms with Crippen LogP contribution in [0.3, 0.4) is 0 Å². The third kappa shape index (κ3) is 7.35. The molecule has 0 radical (unpaired) electrons. The van der Waals surface area contributed by atoms with E-state index in [9.17, 15) is 21.6 Å². The van der Waals surface area contributed by atoms with Crippen molar-refractivity contribution < 1.29 is 26.4 Å². The Morgan fingerprint density at radius 2 is 1.45 bits per heavy atom. The van der Waals surface area contributed by atoms with Crippen molar-refractivity contribution in [2.75, 3.05) is 27.5 Å². The molecule has 0 aliphatic rings. The van der Waals surface area contributed by atoms with Crippen molar-refractivity contribution in [2.45, 2.75) is 23.6 Å². The molecule has 220 valence electrons. The first kappa shape index (κ1) is 31.2. The molecule has 1 amide bonds. The van der Waals surface area contributed by atoms with Gasteiger partial charge in [-0.3, -0.25) is 13.8 Å². The maximum atomic E-state index is 13.7. The van der Waals surface area contributed by atoms with Gasteiger partial charge in [0.2, 0.25) is 5.91 Å². The van der Waals surface area contributed by atoms with Crippen LogP contribution in [0.5, 0.6) is 5.75 Å². The van der Waals surface area contributed by atoms with Crippen molar-refractivity contribution in [3.05, 3.63) is 107 Å². The maximum absolute atomic E-state index is 13.7. The summed E-state index contributed by atoms with van der Waals surface area (Å²) >= 11 is 12.0. The smallest absolute Gasteiger partial charge is 0.264 e. The quantitative estimate of drug-likeness (QED) is 0.196. The highest BCUT2D eigenvalue weighted by molar-refractivity contribution is 7.93. The van der Waals surface area contributed by atoms with Crippen LogP contribution in [-0.2, 0) is 24.8 Å². The van der Waals surface area contributed by atoms with E-state index in [-0.39, 0.29) is 33.5 Å². The molecule has 0 saturated heterocycles. The van der Waals surface area contributed by atoms with Gasteiger partial charge in [0.05, 0.1) is 27.8 Å². The van der Waals surface area contributed by atoms with E-state index in [0.29, 0.717) is 21.3 Å². The van der Waals surface area contributed by atoms with Crippen molar-refractivity contribution >= 4 is 66.2 Å². The van der Waals surface area contributed by atoms with Crippen LogP contribution in [0.2, 0.25) is 10.0 Å². The van der Waals surface area contributed by atoms with E-state index in [2.05, 4.69) is 10.0 Å². The average molecular weight is 649 g/mol. The van der Waals surface area contributed by atoms with Crippen LogP contribution in [0.4, 0.5) is 17.1 Å². The molecule has 2 N–H and O–H groups in total. The predicted octanol–water partition coefficient (Wildman–Crippen LogP) is 6.34. The average Bonchev–Trinajstić information content (AvgIpc) is 2.95. The zero-order valence-electron chi connectivity index (χ0n) is 22.5. The van der Waals surface area contributed by atoms with Gasteiger partial charge in [-0.2, -0.15) is 0 Å². The lowest BCUT2D eigenvalue weighted by atomic mass is 10.2. The van der Waals surface area contributed by atoms with Gasteiger partial charge >= 0.3 is 0 Å². The van der Waals surface area contributed by atoms with Crippen LogP contribution in [0, 0.1) is 6.92 Å². The first-order valence-electron chi connectivity index (χ1n) is 12.6. The molecule has 0 spiro atoms. The number of ether oxygens (including phenoxy) is 1. The Balaban J connectivity index is 1.57. The van der Waals surface area contributed by atoms with Crippen molar-refractivity contribution in [2.24, 2.45) is 0 Å². The van der Waals surface area contributed by atoms with Gasteiger partial charge in [-0.05, 0) is 92.2 Å². The molecular weight excluding hydrogens is 621 g/mol. The zero-order chi connectivity index (χ0) is 30.5. The van der Waals surface area contributed by atoms with Gasteiger partial charge in [0.25, 0.3) is 20.0 Å². The molecule has 0 heterocycles. The number of hydrogen-bond donors (Lipinski definition) is 2. The SMILES string of the molecule is CCOc1ccccc1N(CC(=O)Nc1ccc(S(=O)(=O)Nc2cc(Cl)ccc2C)cc1)S(=O)(=O)c1ccc(Cl)cc1. The largest absolute Gasteiger partial charge is 0.492 e. The molecule has 13 heteroatoms. The molecule has 4 aromatic carbocycles. The molecule has 42 heavy (non-hydrogen) atoms. The van der Waals surface area contributed by atoms with E-state index in [1.54, 1.807) is 50.2 Å². The fourth-order valence-electron chi connectivity index (χ4n) is 3.93. The first-order valence-corrected chi connectivity index (χ1v) is 16.3. The van der Waals surface area contributed by atoms with Crippen LogP contribution in [0.15, 0.2) is 101 Å². The molecule has 0 aliphatic heterocycles. The van der Waals surface area contributed by atoms with Crippen LogP contribution >= 0.6 is 23.2 Å². The molecule has 0 aromatic heterocycles. The lowest BCUT2D eigenvalue weighted by molar-refractivity contribution is -0.114. The number of nitrogens with one attached hydrogen (secondary N) is 2. The summed E-state index contributed by atoms with van der Waals surface area (Å²) in [7, 11) is -8.17. The number of nitrogens with zero attached hydrogens (tertiary/aromatic N) is 1. The number of anilines is 3. The number of amides is 1. The standard InChI is InChI=1S/C29H27Cl2N3O6S2/c1-3-40-28-7-5-4-6-27(28)34(42(38,39)25-14-10-21(30)11-15-25)19-29(35)32-23-12-16-24(17-13-23)41(36,37)33-26-18-22(31)9-8-20(26)2/h4-18,33H,3,19H2,1-2H3,(H,32,35). The molecular formula is C29H27Cl2N3O6S2. The van der Waals surface area contributed by atoms with Crippen LogP contribution in [0.25, 0.3) is 0 Å². The normalized spacial score (nSPS) is 11.5. The highest BCUT2D eigenvalue weighted by atomic mass is 35.5. The van der Waals surface area contributed by atoms with Gasteiger partial charge in [0.15, 0.2) is 0 Å². The van der Waals surface area contributed by atoms with Crippen LogP contribution in [-0.4, -0.2) is 35.9 Å². The van der Waals surface area contributed by atoms with Gasteiger partial charge in [0, 0.05) is 15.7 Å². The van der Waals surface area contributed by atoms with Crippen molar-refractivity contribution in [3.63, 3.8) is 0 Å².